The summed E-state index contributed by atoms with van der Waals surface area (Å²) in [5.74, 6) is -0.106. The van der Waals surface area contributed by atoms with Crippen LogP contribution < -0.4 is 18.9 Å². The number of benzene rings is 2. The van der Waals surface area contributed by atoms with Crippen molar-refractivity contribution in [1.82, 2.24) is 14.6 Å². The zero-order valence-electron chi connectivity index (χ0n) is 26.7. The average molecular weight is 745 g/mol. The van der Waals surface area contributed by atoms with Gasteiger partial charge in [-0.15, -0.1) is 0 Å². The molecule has 1 aromatic heterocycles. The van der Waals surface area contributed by atoms with Crippen molar-refractivity contribution in [1.29, 1.82) is 0 Å². The molecule has 11 nitrogen and oxygen atoms in total. The number of esters is 1. The number of sulfonamides is 1. The van der Waals surface area contributed by atoms with Crippen LogP contribution in [0.5, 0.6) is 17.2 Å². The Morgan fingerprint density at radius 3 is 2.43 bits per heavy atom. The van der Waals surface area contributed by atoms with Crippen LogP contribution in [-0.2, 0) is 32.5 Å². The van der Waals surface area contributed by atoms with Crippen LogP contribution in [0.3, 0.4) is 0 Å². The standard InChI is InChI=1S/C33H37Cl2F2N3O8S/c1-49(42,43)39-17-24-14-23(5-6-28(24)45-13-10-40-8-11-44-12-9-40)32(41)47-30(16-25-26(34)18-38-19-27(25)35)22-4-7-29(48-33(36)37)31(15-22)46-20-21-2-3-21/h4-7,14-15,18-19,21,30,33,39H,2-3,8-13,16-17,20H2,1H3. The molecule has 2 aliphatic rings. The van der Waals surface area contributed by atoms with Gasteiger partial charge in [-0.3, -0.25) is 9.88 Å². The molecule has 5 rings (SSSR count). The van der Waals surface area contributed by atoms with Crippen molar-refractivity contribution in [2.75, 3.05) is 52.3 Å². The maximum atomic E-state index is 13.7. The quantitative estimate of drug-likeness (QED) is 0.173. The van der Waals surface area contributed by atoms with Crippen LogP contribution >= 0.6 is 23.2 Å². The molecule has 16 heteroatoms. The summed E-state index contributed by atoms with van der Waals surface area (Å²) >= 11 is 12.9. The Bertz CT molecular complexity index is 1690. The third kappa shape index (κ3) is 11.4. The van der Waals surface area contributed by atoms with E-state index in [-0.39, 0.29) is 40.1 Å². The Hall–Kier alpha value is -3.27. The monoisotopic (exact) mass is 743 g/mol. The van der Waals surface area contributed by atoms with Gasteiger partial charge in [-0.1, -0.05) is 29.3 Å². The molecule has 1 N–H and O–H groups in total. The Balaban J connectivity index is 1.41. The van der Waals surface area contributed by atoms with E-state index >= 15 is 0 Å². The zero-order valence-corrected chi connectivity index (χ0v) is 29.0. The third-order valence-electron chi connectivity index (χ3n) is 7.91. The van der Waals surface area contributed by atoms with Gasteiger partial charge in [0.25, 0.3) is 0 Å². The lowest BCUT2D eigenvalue weighted by Crippen LogP contribution is -2.38. The number of alkyl halides is 2. The Labute approximate surface area is 293 Å². The van der Waals surface area contributed by atoms with Gasteiger partial charge >= 0.3 is 12.6 Å². The molecule has 2 heterocycles. The fraction of sp³-hybridized carbons (Fsp3) is 0.455. The topological polar surface area (TPSA) is 126 Å². The first-order valence-corrected chi connectivity index (χ1v) is 18.3. The van der Waals surface area contributed by atoms with Gasteiger partial charge in [0.05, 0.1) is 41.7 Å². The van der Waals surface area contributed by atoms with E-state index in [0.717, 1.165) is 32.2 Å². The van der Waals surface area contributed by atoms with Crippen molar-refractivity contribution in [3.8, 4) is 17.2 Å². The molecule has 1 aliphatic carbocycles. The normalized spacial score (nSPS) is 16.0. The number of nitrogens with one attached hydrogen (secondary N) is 1. The maximum Gasteiger partial charge on any atom is 0.387 e. The minimum absolute atomic E-state index is 0.00820. The number of carbonyl (C=O) groups excluding carboxylic acids is 1. The molecule has 1 atom stereocenters. The molecule has 0 bridgehead atoms. The second-order valence-electron chi connectivity index (χ2n) is 11.7. The molecule has 1 unspecified atom stereocenters. The summed E-state index contributed by atoms with van der Waals surface area (Å²) in [5, 5.41) is 0.480. The van der Waals surface area contributed by atoms with Crippen molar-refractivity contribution >= 4 is 39.2 Å². The number of morpholine rings is 1. The number of aromatic nitrogens is 1. The van der Waals surface area contributed by atoms with Crippen LogP contribution in [0.1, 0.15) is 46.0 Å². The minimum Gasteiger partial charge on any atom is -0.492 e. The molecule has 266 valence electrons. The first-order chi connectivity index (χ1) is 23.4. The summed E-state index contributed by atoms with van der Waals surface area (Å²) in [4.78, 5) is 19.9. The zero-order chi connectivity index (χ0) is 35.0. The minimum atomic E-state index is -3.57. The largest absolute Gasteiger partial charge is 0.492 e. The predicted octanol–water partition coefficient (Wildman–Crippen LogP) is 5.68. The van der Waals surface area contributed by atoms with E-state index in [1.807, 2.05) is 0 Å². The smallest absolute Gasteiger partial charge is 0.387 e. The van der Waals surface area contributed by atoms with Crippen molar-refractivity contribution in [2.24, 2.45) is 5.92 Å². The molecule has 0 spiro atoms. The van der Waals surface area contributed by atoms with Gasteiger partial charge in [-0.05, 0) is 60.2 Å². The maximum absolute atomic E-state index is 13.7. The Kier molecular flexibility index (Phi) is 12.9. The van der Waals surface area contributed by atoms with Gasteiger partial charge in [0, 0.05) is 50.6 Å². The average Bonchev–Trinajstić information content (AvgIpc) is 3.89. The summed E-state index contributed by atoms with van der Waals surface area (Å²) in [6.07, 6.45) is 4.79. The van der Waals surface area contributed by atoms with Gasteiger partial charge in [-0.2, -0.15) is 8.78 Å². The van der Waals surface area contributed by atoms with E-state index in [2.05, 4.69) is 19.3 Å². The van der Waals surface area contributed by atoms with E-state index in [9.17, 15) is 22.0 Å². The fourth-order valence-corrected chi connectivity index (χ4v) is 6.01. The molecular weight excluding hydrogens is 707 g/mol. The first-order valence-electron chi connectivity index (χ1n) is 15.7. The van der Waals surface area contributed by atoms with Crippen LogP contribution in [-0.4, -0.2) is 83.2 Å². The summed E-state index contributed by atoms with van der Waals surface area (Å²) < 4.78 is 80.7. The highest BCUT2D eigenvalue weighted by Crippen LogP contribution is 2.38. The summed E-state index contributed by atoms with van der Waals surface area (Å²) in [5.41, 5.74) is 1.40. The molecule has 2 fully saturated rings. The molecule has 2 aromatic carbocycles. The lowest BCUT2D eigenvalue weighted by molar-refractivity contribution is -0.0515. The van der Waals surface area contributed by atoms with Gasteiger partial charge in [0.2, 0.25) is 10.0 Å². The highest BCUT2D eigenvalue weighted by molar-refractivity contribution is 7.88. The molecule has 1 saturated heterocycles. The van der Waals surface area contributed by atoms with Crippen molar-refractivity contribution in [2.45, 2.75) is 38.5 Å². The van der Waals surface area contributed by atoms with Crippen molar-refractivity contribution in [3.63, 3.8) is 0 Å². The highest BCUT2D eigenvalue weighted by Gasteiger charge is 2.27. The van der Waals surface area contributed by atoms with E-state index in [1.54, 1.807) is 6.07 Å². The number of nitrogens with zero attached hydrogens (tertiary/aromatic N) is 2. The second kappa shape index (κ2) is 17.1. The Morgan fingerprint density at radius 2 is 1.76 bits per heavy atom. The van der Waals surface area contributed by atoms with Crippen LogP contribution in [0.25, 0.3) is 0 Å². The third-order valence-corrected chi connectivity index (χ3v) is 9.23. The van der Waals surface area contributed by atoms with Crippen molar-refractivity contribution < 1.29 is 45.7 Å². The van der Waals surface area contributed by atoms with E-state index in [1.165, 1.54) is 42.7 Å². The molecule has 3 aromatic rings. The van der Waals surface area contributed by atoms with E-state index in [4.69, 9.17) is 42.1 Å². The molecule has 0 radical (unpaired) electrons. The van der Waals surface area contributed by atoms with Crippen LogP contribution in [0.2, 0.25) is 10.0 Å². The number of ether oxygens (including phenoxy) is 5. The van der Waals surface area contributed by atoms with Crippen LogP contribution in [0.15, 0.2) is 48.8 Å². The fourth-order valence-electron chi connectivity index (χ4n) is 5.07. The summed E-state index contributed by atoms with van der Waals surface area (Å²) in [6.45, 7) is 0.936. The highest BCUT2D eigenvalue weighted by atomic mass is 35.5. The predicted molar refractivity (Wildman–Crippen MR) is 178 cm³/mol. The van der Waals surface area contributed by atoms with Crippen LogP contribution in [0.4, 0.5) is 8.78 Å². The summed E-state index contributed by atoms with van der Waals surface area (Å²) in [7, 11) is -3.57. The summed E-state index contributed by atoms with van der Waals surface area (Å²) in [6, 6.07) is 8.92. The molecule has 1 aliphatic heterocycles. The van der Waals surface area contributed by atoms with Gasteiger partial charge in [0.15, 0.2) is 11.5 Å². The van der Waals surface area contributed by atoms with Crippen LogP contribution in [0, 0.1) is 5.92 Å². The number of halogens is 4. The lowest BCUT2D eigenvalue weighted by atomic mass is 10.0. The van der Waals surface area contributed by atoms with E-state index in [0.29, 0.717) is 61.3 Å². The number of carbonyl (C=O) groups is 1. The van der Waals surface area contributed by atoms with Crippen molar-refractivity contribution in [3.05, 3.63) is 81.1 Å². The molecule has 1 saturated carbocycles. The number of rotatable bonds is 17. The first kappa shape index (κ1) is 37.0. The molecule has 49 heavy (non-hydrogen) atoms. The van der Waals surface area contributed by atoms with Gasteiger partial charge in [-0.25, -0.2) is 17.9 Å². The molecule has 0 amide bonds. The van der Waals surface area contributed by atoms with E-state index < -0.39 is 28.7 Å². The lowest BCUT2D eigenvalue weighted by Gasteiger charge is -2.26. The van der Waals surface area contributed by atoms with Gasteiger partial charge < -0.3 is 23.7 Å². The Morgan fingerprint density at radius 1 is 1.04 bits per heavy atom. The number of pyridine rings is 1. The number of hydrogen-bond donors (Lipinski definition) is 1. The number of hydrogen-bond acceptors (Lipinski definition) is 10. The van der Waals surface area contributed by atoms with Gasteiger partial charge in [0.1, 0.15) is 18.5 Å². The SMILES string of the molecule is CS(=O)(=O)NCc1cc(C(=O)OC(Cc2c(Cl)cncc2Cl)c2ccc(OC(F)F)c(OCC3CC3)c2)ccc1OCCN1CCOCC1. The second-order valence-corrected chi connectivity index (χ2v) is 14.4. The molecular formula is C33H37Cl2F2N3O8S.